The second-order valence-electron chi connectivity index (χ2n) is 21.7. The summed E-state index contributed by atoms with van der Waals surface area (Å²) in [6, 6.07) is 19.6. The molecule has 7 nitrogen and oxygen atoms in total. The minimum Gasteiger partial charge on any atom is -0.390 e. The number of piperidine rings is 1. The van der Waals surface area contributed by atoms with Crippen LogP contribution in [0.4, 0.5) is 8.78 Å². The molecule has 10 fully saturated rings. The number of hydrogen-bond acceptors (Lipinski definition) is 5. The summed E-state index contributed by atoms with van der Waals surface area (Å²) in [5.74, 6) is 0.936. The lowest BCUT2D eigenvalue weighted by Gasteiger charge is -2.70. The smallest absolute Gasteiger partial charge is 0.226 e. The number of aliphatic hydroxyl groups is 1. The van der Waals surface area contributed by atoms with Crippen molar-refractivity contribution < 1.29 is 23.5 Å². The maximum absolute atomic E-state index is 15.9. The molecule has 1 heterocycles. The number of amides is 2. The number of aliphatic hydroxyl groups excluding tert-OH is 1. The molecule has 9 aliphatic carbocycles. The van der Waals surface area contributed by atoms with Crippen molar-refractivity contribution in [2.24, 2.45) is 39.2 Å². The predicted octanol–water partition coefficient (Wildman–Crippen LogP) is 6.84. The molecule has 0 radical (unpaired) electrons. The summed E-state index contributed by atoms with van der Waals surface area (Å²) in [6.07, 6.45) is 13.1. The molecule has 0 aromatic heterocycles. The van der Waals surface area contributed by atoms with Gasteiger partial charge < -0.3 is 26.8 Å². The van der Waals surface area contributed by atoms with E-state index in [9.17, 15) is 14.7 Å². The van der Waals surface area contributed by atoms with Crippen LogP contribution in [0.2, 0.25) is 0 Å². The molecule has 4 unspecified atom stereocenters. The number of halogens is 2. The number of rotatable bonds is 10. The number of hydrogen-bond donors (Lipinski definition) is 5. The quantitative estimate of drug-likeness (QED) is 0.181. The zero-order valence-electron chi connectivity index (χ0n) is 33.7. The van der Waals surface area contributed by atoms with E-state index in [1.807, 2.05) is 6.07 Å². The van der Waals surface area contributed by atoms with Crippen LogP contribution in [-0.2, 0) is 25.8 Å². The largest absolute Gasteiger partial charge is 0.390 e. The van der Waals surface area contributed by atoms with Gasteiger partial charge in [-0.3, -0.25) is 18.4 Å². The van der Waals surface area contributed by atoms with Crippen LogP contribution < -0.4 is 21.7 Å². The first kappa shape index (κ1) is 38.3. The highest BCUT2D eigenvalue weighted by molar-refractivity contribution is 5.85. The van der Waals surface area contributed by atoms with Gasteiger partial charge in [0.25, 0.3) is 0 Å². The lowest BCUT2D eigenvalue weighted by molar-refractivity contribution is -0.172. The van der Waals surface area contributed by atoms with E-state index in [0.29, 0.717) is 44.7 Å². The molecule has 0 spiro atoms. The van der Waals surface area contributed by atoms with Gasteiger partial charge in [0.1, 0.15) is 0 Å². The molecule has 57 heavy (non-hydrogen) atoms. The molecule has 1 aliphatic heterocycles. The standard InChI is InChI=1S/C48H64F2N4O3/c49-30-42-16-33-17-44(21-42,26-45(18-33,22-42)40(56)54-38-14-15-52-20-39(38)55)35-8-10-36(11-9-35)47-24-43(31-50)23-46(27-47,34-4-2-1-3-5-34)28-48(25-43,29-47)41(57)53-37-12-6-32(19-51)7-13-37/h1-5,8-11,32-33,37-39,52,55H,6-7,12-31,51H2,(H,53,57)(H,54,56)/t32-,33?,37+,38-,39-,42+,43-,44-,45?,46+,47?,48?/m1/s1. The highest BCUT2D eigenvalue weighted by Crippen LogP contribution is 2.75. The lowest BCUT2D eigenvalue weighted by atomic mass is 9.33. The second-order valence-corrected chi connectivity index (χ2v) is 21.7. The molecule has 1 saturated heterocycles. The number of nitrogens with two attached hydrogens (primary N) is 1. The third-order valence-corrected chi connectivity index (χ3v) is 17.7. The van der Waals surface area contributed by atoms with Crippen LogP contribution in [0.25, 0.3) is 0 Å². The first-order chi connectivity index (χ1) is 27.4. The number of β-amino-alcohol motifs (C(OH)–C–C–N with tert-alkyl or cyclic N) is 1. The van der Waals surface area contributed by atoms with E-state index < -0.39 is 41.1 Å². The Morgan fingerprint density at radius 2 is 1.26 bits per heavy atom. The third kappa shape index (κ3) is 6.08. The zero-order valence-corrected chi connectivity index (χ0v) is 33.7. The highest BCUT2D eigenvalue weighted by Gasteiger charge is 2.71. The van der Waals surface area contributed by atoms with Gasteiger partial charge in [0.05, 0.1) is 36.3 Å². The van der Waals surface area contributed by atoms with Gasteiger partial charge in [-0.15, -0.1) is 0 Å². The van der Waals surface area contributed by atoms with Gasteiger partial charge >= 0.3 is 0 Å². The Balaban J connectivity index is 0.990. The average molecular weight is 783 g/mol. The normalized spacial score (nSPS) is 45.5. The lowest BCUT2D eigenvalue weighted by Crippen LogP contribution is -2.68. The maximum Gasteiger partial charge on any atom is 0.226 e. The Labute approximate surface area is 337 Å². The number of carbonyl (C=O) groups excluding carboxylic acids is 2. The first-order valence-corrected chi connectivity index (χ1v) is 22.4. The molecular weight excluding hydrogens is 719 g/mol. The molecule has 308 valence electrons. The van der Waals surface area contributed by atoms with Gasteiger partial charge in [0.15, 0.2) is 0 Å². The fourth-order valence-corrected chi connectivity index (χ4v) is 16.4. The third-order valence-electron chi connectivity index (χ3n) is 17.7. The molecule has 9 heteroatoms. The molecule has 6 N–H and O–H groups in total. The van der Waals surface area contributed by atoms with E-state index in [1.165, 1.54) is 16.7 Å². The number of nitrogens with one attached hydrogen (secondary N) is 3. The van der Waals surface area contributed by atoms with Crippen LogP contribution in [0, 0.1) is 33.5 Å². The van der Waals surface area contributed by atoms with Crippen LogP contribution in [0.1, 0.15) is 126 Å². The summed E-state index contributed by atoms with van der Waals surface area (Å²) in [6.45, 7) is 1.08. The maximum atomic E-state index is 15.9. The van der Waals surface area contributed by atoms with Crippen LogP contribution >= 0.6 is 0 Å². The monoisotopic (exact) mass is 782 g/mol. The summed E-state index contributed by atoms with van der Waals surface area (Å²) < 4.78 is 31.2. The van der Waals surface area contributed by atoms with E-state index in [0.717, 1.165) is 90.0 Å². The zero-order chi connectivity index (χ0) is 39.3. The van der Waals surface area contributed by atoms with Crippen molar-refractivity contribution in [3.05, 3.63) is 71.3 Å². The molecule has 12 rings (SSSR count). The van der Waals surface area contributed by atoms with Crippen molar-refractivity contribution in [1.29, 1.82) is 0 Å². The summed E-state index contributed by atoms with van der Waals surface area (Å²) in [4.78, 5) is 29.3. The van der Waals surface area contributed by atoms with Crippen LogP contribution in [0.5, 0.6) is 0 Å². The fourth-order valence-electron chi connectivity index (χ4n) is 16.4. The van der Waals surface area contributed by atoms with Crippen molar-refractivity contribution in [3.8, 4) is 0 Å². The summed E-state index contributed by atoms with van der Waals surface area (Å²) in [5, 5.41) is 20.7. The molecule has 8 bridgehead atoms. The van der Waals surface area contributed by atoms with Gasteiger partial charge in [-0.1, -0.05) is 54.6 Å². The van der Waals surface area contributed by atoms with E-state index in [1.54, 1.807) is 0 Å². The Kier molecular flexibility index (Phi) is 9.13. The van der Waals surface area contributed by atoms with E-state index in [-0.39, 0.29) is 46.1 Å². The van der Waals surface area contributed by atoms with E-state index in [4.69, 9.17) is 5.73 Å². The molecular formula is C48H64F2N4O3. The van der Waals surface area contributed by atoms with Crippen LogP contribution in [0.3, 0.4) is 0 Å². The average Bonchev–Trinajstić information content (AvgIpc) is 3.21. The Morgan fingerprint density at radius 1 is 0.667 bits per heavy atom. The van der Waals surface area contributed by atoms with Gasteiger partial charge in [0.2, 0.25) is 11.8 Å². The SMILES string of the molecule is NC[C@H]1CC[C@@H](NC(=O)C23CC4(c5ccc([C@]67CC8CC(C(=O)N[C@@H]9CCNC[C@H]9O)(C[C@](CF)(C8)C6)C7)cc5)C[C@@](CF)(C2)C[C@@](c2ccccc2)(C3)C4)CC1. The topological polar surface area (TPSA) is 116 Å². The molecule has 10 aliphatic rings. The van der Waals surface area contributed by atoms with Gasteiger partial charge in [-0.2, -0.15) is 0 Å². The second kappa shape index (κ2) is 13.6. The first-order valence-electron chi connectivity index (χ1n) is 22.4. The Morgan fingerprint density at radius 3 is 1.91 bits per heavy atom. The molecule has 2 aromatic carbocycles. The molecule has 10 atom stereocenters. The minimum atomic E-state index is -0.658. The van der Waals surface area contributed by atoms with Crippen molar-refractivity contribution in [1.82, 2.24) is 16.0 Å². The molecule has 2 amide bonds. The van der Waals surface area contributed by atoms with Crippen molar-refractivity contribution in [3.63, 3.8) is 0 Å². The predicted molar refractivity (Wildman–Crippen MR) is 217 cm³/mol. The molecule has 2 aromatic rings. The number of benzene rings is 2. The fraction of sp³-hybridized carbons (Fsp3) is 0.708. The van der Waals surface area contributed by atoms with Crippen molar-refractivity contribution >= 4 is 11.8 Å². The van der Waals surface area contributed by atoms with Crippen LogP contribution in [-0.4, -0.2) is 68.1 Å². The number of carbonyl (C=O) groups is 2. The summed E-state index contributed by atoms with van der Waals surface area (Å²) >= 11 is 0. The Bertz CT molecular complexity index is 1870. The van der Waals surface area contributed by atoms with E-state index in [2.05, 4.69) is 64.5 Å². The number of alkyl halides is 2. The summed E-state index contributed by atoms with van der Waals surface area (Å²) in [7, 11) is 0. The van der Waals surface area contributed by atoms with Gasteiger partial charge in [0, 0.05) is 23.4 Å². The van der Waals surface area contributed by atoms with Crippen LogP contribution in [0.15, 0.2) is 54.6 Å². The van der Waals surface area contributed by atoms with Gasteiger partial charge in [-0.25, -0.2) is 0 Å². The van der Waals surface area contributed by atoms with E-state index >= 15 is 8.78 Å². The highest BCUT2D eigenvalue weighted by atomic mass is 19.1. The van der Waals surface area contributed by atoms with Gasteiger partial charge in [-0.05, 0) is 167 Å². The molecule has 9 saturated carbocycles. The van der Waals surface area contributed by atoms with Crippen molar-refractivity contribution in [2.45, 2.75) is 144 Å². The summed E-state index contributed by atoms with van der Waals surface area (Å²) in [5.41, 5.74) is 6.27. The minimum absolute atomic E-state index is 0.00340. The van der Waals surface area contributed by atoms with Crippen molar-refractivity contribution in [2.75, 3.05) is 33.0 Å². The Hall–Kier alpha value is -2.88.